The molecule has 4 heteroatoms. The van der Waals surface area contributed by atoms with Crippen LogP contribution in [0.15, 0.2) is 30.3 Å². The molecular weight excluding hydrogens is 232 g/mol. The Morgan fingerprint density at radius 1 is 1.39 bits per heavy atom. The third-order valence-electron chi connectivity index (χ3n) is 2.82. The molecule has 1 aromatic carbocycles. The summed E-state index contributed by atoms with van der Waals surface area (Å²) in [6.45, 7) is 2.54. The number of carbonyl (C=O) groups excluding carboxylic acids is 1. The van der Waals surface area contributed by atoms with E-state index in [1.165, 1.54) is 6.92 Å². The standard InChI is InChI=1S/C14H18O4/c1-11(15)18-14-9-13(7-8-16-14)17-10-12-5-3-2-4-6-12/h2-6,13-14H,7-10H2,1H3/t13-,14?/m0/s1. The first-order valence-corrected chi connectivity index (χ1v) is 6.18. The Kier molecular flexibility index (Phi) is 4.73. The van der Waals surface area contributed by atoms with Gasteiger partial charge < -0.3 is 14.2 Å². The molecule has 1 aromatic rings. The number of carbonyl (C=O) groups is 1. The molecule has 0 bridgehead atoms. The fraction of sp³-hybridized carbons (Fsp3) is 0.500. The second-order valence-corrected chi connectivity index (χ2v) is 4.35. The highest BCUT2D eigenvalue weighted by Crippen LogP contribution is 2.19. The van der Waals surface area contributed by atoms with Crippen LogP contribution >= 0.6 is 0 Å². The summed E-state index contributed by atoms with van der Waals surface area (Å²) >= 11 is 0. The van der Waals surface area contributed by atoms with E-state index in [0.717, 1.165) is 12.0 Å². The van der Waals surface area contributed by atoms with Gasteiger partial charge in [-0.1, -0.05) is 30.3 Å². The largest absolute Gasteiger partial charge is 0.436 e. The van der Waals surface area contributed by atoms with Crippen molar-refractivity contribution in [1.29, 1.82) is 0 Å². The summed E-state index contributed by atoms with van der Waals surface area (Å²) in [7, 11) is 0. The van der Waals surface area contributed by atoms with Crippen molar-refractivity contribution in [3.8, 4) is 0 Å². The van der Waals surface area contributed by atoms with Crippen molar-refractivity contribution < 1.29 is 19.0 Å². The highest BCUT2D eigenvalue weighted by Gasteiger charge is 2.25. The Balaban J connectivity index is 1.77. The van der Waals surface area contributed by atoms with Crippen molar-refractivity contribution in [3.63, 3.8) is 0 Å². The minimum atomic E-state index is -0.461. The van der Waals surface area contributed by atoms with Gasteiger partial charge in [-0.05, 0) is 12.0 Å². The van der Waals surface area contributed by atoms with Crippen LogP contribution in [0.5, 0.6) is 0 Å². The van der Waals surface area contributed by atoms with Crippen molar-refractivity contribution in [3.05, 3.63) is 35.9 Å². The molecule has 1 heterocycles. The van der Waals surface area contributed by atoms with Gasteiger partial charge >= 0.3 is 5.97 Å². The summed E-state index contributed by atoms with van der Waals surface area (Å²) in [5.74, 6) is -0.316. The van der Waals surface area contributed by atoms with Crippen molar-refractivity contribution >= 4 is 5.97 Å². The molecular formula is C14H18O4. The monoisotopic (exact) mass is 250 g/mol. The molecule has 4 nitrogen and oxygen atoms in total. The summed E-state index contributed by atoms with van der Waals surface area (Å²) in [6, 6.07) is 10.0. The van der Waals surface area contributed by atoms with Crippen LogP contribution in [-0.2, 0) is 25.6 Å². The zero-order valence-electron chi connectivity index (χ0n) is 10.5. The highest BCUT2D eigenvalue weighted by atomic mass is 16.7. The van der Waals surface area contributed by atoms with Gasteiger partial charge in [0.15, 0.2) is 0 Å². The fourth-order valence-electron chi connectivity index (χ4n) is 1.94. The van der Waals surface area contributed by atoms with Gasteiger partial charge in [0, 0.05) is 13.3 Å². The third-order valence-corrected chi connectivity index (χ3v) is 2.82. The average Bonchev–Trinajstić information content (AvgIpc) is 2.37. The molecule has 0 aliphatic carbocycles. The molecule has 98 valence electrons. The first-order chi connectivity index (χ1) is 8.74. The zero-order valence-corrected chi connectivity index (χ0v) is 10.5. The summed E-state index contributed by atoms with van der Waals surface area (Å²) in [5.41, 5.74) is 1.15. The minimum Gasteiger partial charge on any atom is -0.436 e. The van der Waals surface area contributed by atoms with Gasteiger partial charge in [-0.25, -0.2) is 0 Å². The van der Waals surface area contributed by atoms with Crippen LogP contribution in [-0.4, -0.2) is 25.0 Å². The normalized spacial score (nSPS) is 23.6. The number of ether oxygens (including phenoxy) is 3. The molecule has 1 unspecified atom stereocenters. The summed E-state index contributed by atoms with van der Waals surface area (Å²) in [5, 5.41) is 0. The molecule has 0 amide bonds. The molecule has 1 aliphatic rings. The lowest BCUT2D eigenvalue weighted by atomic mass is 10.1. The number of hydrogen-bond acceptors (Lipinski definition) is 4. The maximum Gasteiger partial charge on any atom is 0.304 e. The van der Waals surface area contributed by atoms with Crippen LogP contribution in [0.2, 0.25) is 0 Å². The van der Waals surface area contributed by atoms with Gasteiger partial charge in [0.2, 0.25) is 6.29 Å². The van der Waals surface area contributed by atoms with Crippen LogP contribution in [0.3, 0.4) is 0 Å². The lowest BCUT2D eigenvalue weighted by molar-refractivity contribution is -0.200. The van der Waals surface area contributed by atoms with Crippen molar-refractivity contribution in [1.82, 2.24) is 0 Å². The molecule has 0 radical (unpaired) electrons. The Morgan fingerprint density at radius 3 is 2.89 bits per heavy atom. The van der Waals surface area contributed by atoms with Crippen LogP contribution < -0.4 is 0 Å². The predicted molar refractivity (Wildman–Crippen MR) is 65.8 cm³/mol. The number of benzene rings is 1. The first-order valence-electron chi connectivity index (χ1n) is 6.18. The molecule has 18 heavy (non-hydrogen) atoms. The molecule has 0 saturated carbocycles. The van der Waals surface area contributed by atoms with Gasteiger partial charge in [-0.2, -0.15) is 0 Å². The summed E-state index contributed by atoms with van der Waals surface area (Å²) in [6.07, 6.45) is 1.07. The molecule has 0 N–H and O–H groups in total. The maximum absolute atomic E-state index is 10.9. The number of hydrogen-bond donors (Lipinski definition) is 0. The summed E-state index contributed by atoms with van der Waals surface area (Å²) < 4.78 is 16.2. The molecule has 2 atom stereocenters. The maximum atomic E-state index is 10.9. The lowest BCUT2D eigenvalue weighted by Gasteiger charge is -2.28. The molecule has 1 aliphatic heterocycles. The fourth-order valence-corrected chi connectivity index (χ4v) is 1.94. The van der Waals surface area contributed by atoms with Gasteiger partial charge in [0.25, 0.3) is 0 Å². The van der Waals surface area contributed by atoms with E-state index in [0.29, 0.717) is 19.6 Å². The first kappa shape index (κ1) is 13.1. The van der Waals surface area contributed by atoms with Gasteiger partial charge in [-0.15, -0.1) is 0 Å². The smallest absolute Gasteiger partial charge is 0.304 e. The minimum absolute atomic E-state index is 0.0864. The molecule has 0 aromatic heterocycles. The Labute approximate surface area is 107 Å². The molecule has 1 fully saturated rings. The summed E-state index contributed by atoms with van der Waals surface area (Å²) in [4.78, 5) is 10.9. The Bertz CT molecular complexity index is 377. The van der Waals surface area contributed by atoms with E-state index in [2.05, 4.69) is 0 Å². The lowest BCUT2D eigenvalue weighted by Crippen LogP contribution is -2.33. The van der Waals surface area contributed by atoms with Crippen molar-refractivity contribution in [2.24, 2.45) is 0 Å². The van der Waals surface area contributed by atoms with Crippen molar-refractivity contribution in [2.75, 3.05) is 6.61 Å². The second kappa shape index (κ2) is 6.52. The van der Waals surface area contributed by atoms with E-state index >= 15 is 0 Å². The highest BCUT2D eigenvalue weighted by molar-refractivity contribution is 5.66. The third kappa shape index (κ3) is 4.13. The van der Waals surface area contributed by atoms with E-state index in [1.807, 2.05) is 30.3 Å². The van der Waals surface area contributed by atoms with Crippen LogP contribution in [0.4, 0.5) is 0 Å². The quantitative estimate of drug-likeness (QED) is 0.769. The van der Waals surface area contributed by atoms with E-state index < -0.39 is 6.29 Å². The van der Waals surface area contributed by atoms with Crippen molar-refractivity contribution in [2.45, 2.75) is 38.8 Å². The topological polar surface area (TPSA) is 44.8 Å². The van der Waals surface area contributed by atoms with E-state index in [4.69, 9.17) is 14.2 Å². The van der Waals surface area contributed by atoms with E-state index in [1.54, 1.807) is 0 Å². The SMILES string of the molecule is CC(=O)OC1C[C@@H](OCc2ccccc2)CCO1. The van der Waals surface area contributed by atoms with Crippen LogP contribution in [0.1, 0.15) is 25.3 Å². The van der Waals surface area contributed by atoms with Gasteiger partial charge in [0.1, 0.15) is 0 Å². The molecule has 2 rings (SSSR count). The Morgan fingerprint density at radius 2 is 2.17 bits per heavy atom. The molecule has 1 saturated heterocycles. The zero-order chi connectivity index (χ0) is 12.8. The van der Waals surface area contributed by atoms with Crippen LogP contribution in [0, 0.1) is 0 Å². The van der Waals surface area contributed by atoms with E-state index in [-0.39, 0.29) is 12.1 Å². The van der Waals surface area contributed by atoms with Gasteiger partial charge in [0.05, 0.1) is 19.3 Å². The average molecular weight is 250 g/mol. The van der Waals surface area contributed by atoms with Gasteiger partial charge in [-0.3, -0.25) is 4.79 Å². The second-order valence-electron chi connectivity index (χ2n) is 4.35. The Hall–Kier alpha value is -1.39. The number of rotatable bonds is 4. The predicted octanol–water partition coefficient (Wildman–Crippen LogP) is 2.27. The van der Waals surface area contributed by atoms with E-state index in [9.17, 15) is 4.79 Å². The van der Waals surface area contributed by atoms with Crippen LogP contribution in [0.25, 0.3) is 0 Å². The number of esters is 1. The molecule has 0 spiro atoms.